The van der Waals surface area contributed by atoms with Crippen molar-refractivity contribution in [1.82, 2.24) is 14.8 Å². The summed E-state index contributed by atoms with van der Waals surface area (Å²) < 4.78 is 1.82. The SMILES string of the molecule is N#Cc1ccc(C2C3=C(CCCC3=O)Nc3nc(SCc4ccccc4)nn32)cc1. The second-order valence-corrected chi connectivity index (χ2v) is 8.31. The highest BCUT2D eigenvalue weighted by Crippen LogP contribution is 2.40. The lowest BCUT2D eigenvalue weighted by Gasteiger charge is -2.32. The minimum absolute atomic E-state index is 0.151. The number of Topliss-reactive ketones (excluding diaryl/α,β-unsaturated/α-hetero) is 1. The van der Waals surface area contributed by atoms with Crippen LogP contribution in [0.2, 0.25) is 0 Å². The molecule has 0 bridgehead atoms. The molecule has 7 heteroatoms. The average Bonchev–Trinajstić information content (AvgIpc) is 3.20. The number of carbonyl (C=O) groups is 1. The summed E-state index contributed by atoms with van der Waals surface area (Å²) in [6.45, 7) is 0. The third kappa shape index (κ3) is 3.40. The number of nitrogens with one attached hydrogen (secondary N) is 1. The molecule has 6 nitrogen and oxygen atoms in total. The highest BCUT2D eigenvalue weighted by atomic mass is 32.2. The first kappa shape index (κ1) is 18.6. The monoisotopic (exact) mass is 413 g/mol. The lowest BCUT2D eigenvalue weighted by atomic mass is 9.85. The van der Waals surface area contributed by atoms with Gasteiger partial charge in [-0.1, -0.05) is 54.2 Å². The van der Waals surface area contributed by atoms with Gasteiger partial charge in [-0.05, 0) is 36.1 Å². The largest absolute Gasteiger partial charge is 0.328 e. The van der Waals surface area contributed by atoms with Gasteiger partial charge in [0.1, 0.15) is 6.04 Å². The van der Waals surface area contributed by atoms with E-state index in [-0.39, 0.29) is 11.8 Å². The molecule has 2 aromatic carbocycles. The van der Waals surface area contributed by atoms with Crippen molar-refractivity contribution < 1.29 is 4.79 Å². The summed E-state index contributed by atoms with van der Waals surface area (Å²) in [5, 5.41) is 17.9. The van der Waals surface area contributed by atoms with E-state index in [1.807, 2.05) is 35.0 Å². The van der Waals surface area contributed by atoms with Crippen LogP contribution < -0.4 is 5.32 Å². The molecule has 0 spiro atoms. The van der Waals surface area contributed by atoms with Crippen molar-refractivity contribution in [3.63, 3.8) is 0 Å². The zero-order chi connectivity index (χ0) is 20.5. The number of allylic oxidation sites excluding steroid dienone is 2. The molecular formula is C23H19N5OS. The van der Waals surface area contributed by atoms with E-state index in [1.54, 1.807) is 23.9 Å². The maximum Gasteiger partial charge on any atom is 0.227 e. The lowest BCUT2D eigenvalue weighted by Crippen LogP contribution is -2.31. The van der Waals surface area contributed by atoms with Crippen LogP contribution in [0.15, 0.2) is 71.0 Å². The van der Waals surface area contributed by atoms with Crippen LogP contribution in [-0.2, 0) is 10.5 Å². The van der Waals surface area contributed by atoms with Crippen LogP contribution in [0.3, 0.4) is 0 Å². The van der Waals surface area contributed by atoms with Crippen molar-refractivity contribution >= 4 is 23.5 Å². The zero-order valence-corrected chi connectivity index (χ0v) is 17.0. The Bertz CT molecular complexity index is 1170. The summed E-state index contributed by atoms with van der Waals surface area (Å²) in [5.74, 6) is 1.59. The Labute approximate surface area is 178 Å². The second-order valence-electron chi connectivity index (χ2n) is 7.37. The number of nitrogens with zero attached hydrogens (tertiary/aromatic N) is 4. The predicted octanol–water partition coefficient (Wildman–Crippen LogP) is 4.46. The lowest BCUT2D eigenvalue weighted by molar-refractivity contribution is -0.116. The predicted molar refractivity (Wildman–Crippen MR) is 115 cm³/mol. The highest BCUT2D eigenvalue weighted by molar-refractivity contribution is 7.98. The van der Waals surface area contributed by atoms with Gasteiger partial charge in [0, 0.05) is 23.4 Å². The molecule has 1 N–H and O–H groups in total. The molecule has 148 valence electrons. The summed E-state index contributed by atoms with van der Waals surface area (Å²) >= 11 is 1.57. The van der Waals surface area contributed by atoms with Crippen LogP contribution in [0, 0.1) is 11.3 Å². The van der Waals surface area contributed by atoms with Crippen molar-refractivity contribution in [2.75, 3.05) is 5.32 Å². The quantitative estimate of drug-likeness (QED) is 0.636. The number of hydrogen-bond acceptors (Lipinski definition) is 6. The van der Waals surface area contributed by atoms with Gasteiger partial charge in [0.15, 0.2) is 5.78 Å². The first-order chi connectivity index (χ1) is 14.7. The molecule has 2 aliphatic rings. The van der Waals surface area contributed by atoms with E-state index in [9.17, 15) is 4.79 Å². The molecule has 5 rings (SSSR count). The molecule has 1 aliphatic carbocycles. The van der Waals surface area contributed by atoms with Gasteiger partial charge in [-0.15, -0.1) is 5.10 Å². The number of carbonyl (C=O) groups excluding carboxylic acids is 1. The maximum absolute atomic E-state index is 12.8. The van der Waals surface area contributed by atoms with E-state index in [0.717, 1.165) is 35.4 Å². The first-order valence-corrected chi connectivity index (χ1v) is 10.9. The summed E-state index contributed by atoms with van der Waals surface area (Å²) in [6.07, 6.45) is 2.22. The van der Waals surface area contributed by atoms with Crippen molar-refractivity contribution in [3.05, 3.63) is 82.6 Å². The van der Waals surface area contributed by atoms with E-state index in [1.165, 1.54) is 5.56 Å². The Kier molecular flexibility index (Phi) is 4.85. The van der Waals surface area contributed by atoms with Crippen molar-refractivity contribution in [2.24, 2.45) is 0 Å². The molecule has 0 amide bonds. The van der Waals surface area contributed by atoms with Gasteiger partial charge in [-0.25, -0.2) is 4.68 Å². The second kappa shape index (κ2) is 7.81. The number of nitriles is 1. The van der Waals surface area contributed by atoms with E-state index >= 15 is 0 Å². The van der Waals surface area contributed by atoms with Gasteiger partial charge in [-0.3, -0.25) is 4.79 Å². The van der Waals surface area contributed by atoms with Gasteiger partial charge < -0.3 is 5.32 Å². The Morgan fingerprint density at radius 2 is 1.93 bits per heavy atom. The van der Waals surface area contributed by atoms with Crippen LogP contribution in [0.4, 0.5) is 5.95 Å². The van der Waals surface area contributed by atoms with E-state index in [4.69, 9.17) is 15.3 Å². The standard InChI is InChI=1S/C23H19N5OS/c24-13-15-9-11-17(12-10-15)21-20-18(7-4-8-19(20)29)25-22-26-23(27-28(21)22)30-14-16-5-2-1-3-6-16/h1-3,5-6,9-12,21H,4,7-8,14H2,(H,25,26,27). The Morgan fingerprint density at radius 3 is 2.70 bits per heavy atom. The van der Waals surface area contributed by atoms with Crippen LogP contribution in [0.1, 0.15) is 42.0 Å². The highest BCUT2D eigenvalue weighted by Gasteiger charge is 2.36. The fourth-order valence-corrected chi connectivity index (χ4v) is 4.75. The third-order valence-electron chi connectivity index (χ3n) is 5.41. The Hall–Kier alpha value is -3.37. The fraction of sp³-hybridized carbons (Fsp3) is 0.217. The number of fused-ring (bicyclic) bond motifs is 1. The van der Waals surface area contributed by atoms with E-state index < -0.39 is 0 Å². The van der Waals surface area contributed by atoms with Gasteiger partial charge in [0.25, 0.3) is 0 Å². The molecule has 30 heavy (non-hydrogen) atoms. The van der Waals surface area contributed by atoms with E-state index in [2.05, 4.69) is 23.5 Å². The summed E-state index contributed by atoms with van der Waals surface area (Å²) in [6, 6.07) is 19.4. The van der Waals surface area contributed by atoms with Crippen LogP contribution in [0.5, 0.6) is 0 Å². The average molecular weight is 414 g/mol. The molecule has 3 aromatic rings. The number of benzene rings is 2. The minimum Gasteiger partial charge on any atom is -0.328 e. The number of aromatic nitrogens is 3. The molecule has 1 atom stereocenters. The normalized spacial score (nSPS) is 17.7. The van der Waals surface area contributed by atoms with Crippen LogP contribution in [-0.4, -0.2) is 20.5 Å². The molecule has 0 saturated heterocycles. The van der Waals surface area contributed by atoms with Crippen molar-refractivity contribution in [3.8, 4) is 6.07 Å². The van der Waals surface area contributed by atoms with Gasteiger partial charge in [0.05, 0.1) is 11.6 Å². The summed E-state index contributed by atoms with van der Waals surface area (Å²) in [7, 11) is 0. The fourth-order valence-electron chi connectivity index (χ4n) is 3.97. The third-order valence-corrected chi connectivity index (χ3v) is 6.32. The van der Waals surface area contributed by atoms with Crippen LogP contribution >= 0.6 is 11.8 Å². The number of hydrogen-bond donors (Lipinski definition) is 1. The summed E-state index contributed by atoms with van der Waals surface area (Å²) in [5.41, 5.74) is 4.45. The molecule has 2 heterocycles. The summed E-state index contributed by atoms with van der Waals surface area (Å²) in [4.78, 5) is 17.5. The van der Waals surface area contributed by atoms with Gasteiger partial charge >= 0.3 is 0 Å². The number of thioether (sulfide) groups is 1. The van der Waals surface area contributed by atoms with Gasteiger partial charge in [-0.2, -0.15) is 10.2 Å². The molecule has 1 unspecified atom stereocenters. The number of ketones is 1. The molecule has 0 saturated carbocycles. The topological polar surface area (TPSA) is 83.6 Å². The minimum atomic E-state index is -0.324. The van der Waals surface area contributed by atoms with Crippen molar-refractivity contribution in [1.29, 1.82) is 5.26 Å². The molecule has 0 fully saturated rings. The number of anilines is 1. The van der Waals surface area contributed by atoms with E-state index in [0.29, 0.717) is 23.1 Å². The molecule has 1 aliphatic heterocycles. The first-order valence-electron chi connectivity index (χ1n) is 9.89. The Balaban J connectivity index is 1.52. The molecule has 0 radical (unpaired) electrons. The molecular weight excluding hydrogens is 394 g/mol. The van der Waals surface area contributed by atoms with Crippen LogP contribution in [0.25, 0.3) is 0 Å². The Morgan fingerprint density at radius 1 is 1.13 bits per heavy atom. The van der Waals surface area contributed by atoms with Crippen molar-refractivity contribution in [2.45, 2.75) is 36.2 Å². The number of rotatable bonds is 4. The molecule has 1 aromatic heterocycles. The zero-order valence-electron chi connectivity index (χ0n) is 16.2. The maximum atomic E-state index is 12.8. The smallest absolute Gasteiger partial charge is 0.227 e. The van der Waals surface area contributed by atoms with Gasteiger partial charge in [0.2, 0.25) is 11.1 Å².